The number of aliphatic hydroxyl groups excluding tert-OH is 1. The van der Waals surface area contributed by atoms with Crippen molar-refractivity contribution in [3.8, 4) is 0 Å². The van der Waals surface area contributed by atoms with E-state index in [1.807, 2.05) is 6.92 Å². The van der Waals surface area contributed by atoms with Crippen LogP contribution in [-0.4, -0.2) is 22.8 Å². The molecule has 0 aliphatic heterocycles. The molecule has 1 atom stereocenters. The van der Waals surface area contributed by atoms with Gasteiger partial charge in [-0.1, -0.05) is 6.92 Å². The van der Waals surface area contributed by atoms with Crippen LogP contribution < -0.4 is 0 Å². The van der Waals surface area contributed by atoms with Gasteiger partial charge in [0.2, 0.25) is 0 Å². The lowest BCUT2D eigenvalue weighted by molar-refractivity contribution is -0.517. The molecule has 0 rings (SSSR count). The van der Waals surface area contributed by atoms with E-state index in [9.17, 15) is 4.79 Å². The van der Waals surface area contributed by atoms with Crippen LogP contribution in [0.15, 0.2) is 0 Å². The molecule has 1 unspecified atom stereocenters. The quantitative estimate of drug-likeness (QED) is 0.525. The highest BCUT2D eigenvalue weighted by Gasteiger charge is 2.19. The molecule has 5 heteroatoms. The second-order valence-corrected chi connectivity index (χ2v) is 3.77. The highest BCUT2D eigenvalue weighted by Crippen LogP contribution is 2.13. The van der Waals surface area contributed by atoms with Gasteiger partial charge in [-0.3, -0.25) is 4.89 Å². The molecule has 0 bridgehead atoms. The van der Waals surface area contributed by atoms with Gasteiger partial charge >= 0.3 is 5.97 Å². The molecule has 5 nitrogen and oxygen atoms in total. The summed E-state index contributed by atoms with van der Waals surface area (Å²) in [6, 6.07) is 0. The fourth-order valence-electron chi connectivity index (χ4n) is 0.481. The predicted octanol–water partition coefficient (Wildman–Crippen LogP) is 1.35. The highest BCUT2D eigenvalue weighted by atomic mass is 17.5. The number of hydrogen-bond donors (Lipinski definition) is 1. The monoisotopic (exact) mass is 206 g/mol. The van der Waals surface area contributed by atoms with E-state index in [0.717, 1.165) is 6.42 Å². The lowest BCUT2D eigenvalue weighted by Crippen LogP contribution is -2.24. The van der Waals surface area contributed by atoms with Crippen molar-refractivity contribution in [3.63, 3.8) is 0 Å². The van der Waals surface area contributed by atoms with Crippen LogP contribution in [0.25, 0.3) is 0 Å². The second kappa shape index (κ2) is 5.95. The van der Waals surface area contributed by atoms with Gasteiger partial charge in [0.1, 0.15) is 5.60 Å². The van der Waals surface area contributed by atoms with Crippen LogP contribution in [0.5, 0.6) is 0 Å². The minimum atomic E-state index is -0.745. The normalized spacial score (nSPS) is 13.8. The van der Waals surface area contributed by atoms with Gasteiger partial charge in [-0.2, -0.15) is 4.89 Å². The molecule has 0 amide bonds. The maximum absolute atomic E-state index is 10.8. The largest absolute Gasteiger partial charge is 0.393 e. The third-order valence-electron chi connectivity index (χ3n) is 1.70. The zero-order valence-electron chi connectivity index (χ0n) is 9.07. The predicted molar refractivity (Wildman–Crippen MR) is 48.9 cm³/mol. The molecule has 0 spiro atoms. The summed E-state index contributed by atoms with van der Waals surface area (Å²) < 4.78 is 0. The van der Waals surface area contributed by atoms with E-state index in [4.69, 9.17) is 9.99 Å². The standard InChI is InChI=1S/C9H18O5/c1-5-9(3,4)13-14-12-8(11)6-7(2)10/h7,10H,5-6H2,1-4H3. The number of carbonyl (C=O) groups is 1. The SMILES string of the molecule is CCC(C)(C)OOOC(=O)CC(C)O. The molecule has 0 radical (unpaired) electrons. The van der Waals surface area contributed by atoms with Crippen molar-refractivity contribution in [1.29, 1.82) is 0 Å². The minimum Gasteiger partial charge on any atom is -0.393 e. The Morgan fingerprint density at radius 2 is 2.07 bits per heavy atom. The lowest BCUT2D eigenvalue weighted by atomic mass is 10.1. The van der Waals surface area contributed by atoms with E-state index >= 15 is 0 Å². The Hall–Kier alpha value is -0.650. The maximum atomic E-state index is 10.8. The van der Waals surface area contributed by atoms with Crippen LogP contribution in [-0.2, 0) is 19.6 Å². The maximum Gasteiger partial charge on any atom is 0.348 e. The Labute approximate surface area is 83.8 Å². The van der Waals surface area contributed by atoms with Crippen molar-refractivity contribution in [2.45, 2.75) is 52.2 Å². The summed E-state index contributed by atoms with van der Waals surface area (Å²) in [5.74, 6) is -0.660. The van der Waals surface area contributed by atoms with Gasteiger partial charge in [-0.25, -0.2) is 4.79 Å². The molecule has 0 saturated heterocycles. The van der Waals surface area contributed by atoms with E-state index in [2.05, 4.69) is 9.93 Å². The van der Waals surface area contributed by atoms with Gasteiger partial charge in [0.05, 0.1) is 12.5 Å². The average Bonchev–Trinajstić information content (AvgIpc) is 2.02. The van der Waals surface area contributed by atoms with Gasteiger partial charge in [0.15, 0.2) is 0 Å². The van der Waals surface area contributed by atoms with Crippen LogP contribution in [0.3, 0.4) is 0 Å². The summed E-state index contributed by atoms with van der Waals surface area (Å²) in [6.07, 6.45) is -0.137. The van der Waals surface area contributed by atoms with Gasteiger partial charge in [-0.15, -0.1) is 0 Å². The summed E-state index contributed by atoms with van der Waals surface area (Å²) in [4.78, 5) is 19.9. The molecular weight excluding hydrogens is 188 g/mol. The van der Waals surface area contributed by atoms with Crippen LogP contribution in [0, 0.1) is 0 Å². The van der Waals surface area contributed by atoms with Crippen LogP contribution >= 0.6 is 0 Å². The molecule has 0 aliphatic carbocycles. The van der Waals surface area contributed by atoms with Crippen LogP contribution in [0.2, 0.25) is 0 Å². The van der Waals surface area contributed by atoms with Crippen molar-refractivity contribution in [1.82, 2.24) is 0 Å². The number of carbonyl (C=O) groups excluding carboxylic acids is 1. The average molecular weight is 206 g/mol. The molecule has 0 aromatic carbocycles. The van der Waals surface area contributed by atoms with Gasteiger partial charge in [0.25, 0.3) is 0 Å². The first-order valence-corrected chi connectivity index (χ1v) is 4.60. The van der Waals surface area contributed by atoms with E-state index in [-0.39, 0.29) is 6.42 Å². The molecule has 0 fully saturated rings. The number of rotatable bonds is 6. The Balaban J connectivity index is 3.59. The van der Waals surface area contributed by atoms with Crippen molar-refractivity contribution in [2.75, 3.05) is 0 Å². The van der Waals surface area contributed by atoms with Crippen molar-refractivity contribution < 1.29 is 24.7 Å². The van der Waals surface area contributed by atoms with Crippen LogP contribution in [0.1, 0.15) is 40.5 Å². The molecule has 0 heterocycles. The molecule has 0 aromatic heterocycles. The third kappa shape index (κ3) is 6.82. The first-order valence-electron chi connectivity index (χ1n) is 4.60. The Morgan fingerprint density at radius 1 is 1.50 bits per heavy atom. The smallest absolute Gasteiger partial charge is 0.348 e. The first kappa shape index (κ1) is 13.4. The number of hydrogen-bond acceptors (Lipinski definition) is 5. The van der Waals surface area contributed by atoms with Crippen molar-refractivity contribution in [3.05, 3.63) is 0 Å². The van der Waals surface area contributed by atoms with Crippen molar-refractivity contribution >= 4 is 5.97 Å². The summed E-state index contributed by atoms with van der Waals surface area (Å²) in [7, 11) is 0. The zero-order chi connectivity index (χ0) is 11.2. The Morgan fingerprint density at radius 3 is 2.50 bits per heavy atom. The molecule has 14 heavy (non-hydrogen) atoms. The Kier molecular flexibility index (Phi) is 5.68. The minimum absolute atomic E-state index is 0.115. The number of aliphatic hydroxyl groups is 1. The summed E-state index contributed by atoms with van der Waals surface area (Å²) in [6.45, 7) is 7.00. The van der Waals surface area contributed by atoms with E-state index in [0.29, 0.717) is 0 Å². The molecule has 1 N–H and O–H groups in total. The molecular formula is C9H18O5. The zero-order valence-corrected chi connectivity index (χ0v) is 9.07. The van der Waals surface area contributed by atoms with E-state index in [1.54, 1.807) is 13.8 Å². The van der Waals surface area contributed by atoms with E-state index in [1.165, 1.54) is 6.92 Å². The highest BCUT2D eigenvalue weighted by molar-refractivity contribution is 5.69. The molecule has 0 aromatic rings. The molecule has 84 valence electrons. The first-order chi connectivity index (χ1) is 6.37. The summed E-state index contributed by atoms with van der Waals surface area (Å²) >= 11 is 0. The van der Waals surface area contributed by atoms with Gasteiger partial charge in [0, 0.05) is 0 Å². The van der Waals surface area contributed by atoms with Gasteiger partial charge in [-0.05, 0) is 32.2 Å². The van der Waals surface area contributed by atoms with Crippen molar-refractivity contribution in [2.24, 2.45) is 0 Å². The lowest BCUT2D eigenvalue weighted by Gasteiger charge is -2.19. The van der Waals surface area contributed by atoms with Gasteiger partial charge < -0.3 is 5.11 Å². The fourth-order valence-corrected chi connectivity index (χ4v) is 0.481. The summed E-state index contributed by atoms with van der Waals surface area (Å²) in [5, 5.41) is 13.1. The molecule has 0 aliphatic rings. The van der Waals surface area contributed by atoms with E-state index < -0.39 is 17.7 Å². The third-order valence-corrected chi connectivity index (χ3v) is 1.70. The van der Waals surface area contributed by atoms with Crippen LogP contribution in [0.4, 0.5) is 0 Å². The Bertz CT molecular complexity index is 176. The fraction of sp³-hybridized carbons (Fsp3) is 0.889. The molecule has 0 saturated carbocycles. The second-order valence-electron chi connectivity index (χ2n) is 3.77. The topological polar surface area (TPSA) is 65.0 Å². The summed E-state index contributed by atoms with van der Waals surface area (Å²) in [5.41, 5.74) is -0.495.